The SMILES string of the molecule is NC(N)=Nc1ccc(OC2CCCC(Oc3ccc(N=C(N)N)cc3)C2)cc1. The van der Waals surface area contributed by atoms with E-state index in [9.17, 15) is 0 Å². The molecule has 1 fully saturated rings. The quantitative estimate of drug-likeness (QED) is 0.445. The first-order chi connectivity index (χ1) is 13.5. The van der Waals surface area contributed by atoms with Gasteiger partial charge in [-0.15, -0.1) is 0 Å². The Balaban J connectivity index is 1.55. The number of hydrogen-bond acceptors (Lipinski definition) is 4. The van der Waals surface area contributed by atoms with Gasteiger partial charge in [0.05, 0.1) is 11.4 Å². The summed E-state index contributed by atoms with van der Waals surface area (Å²) in [5.74, 6) is 1.66. The molecule has 0 bridgehead atoms. The number of benzene rings is 2. The highest BCUT2D eigenvalue weighted by molar-refractivity contribution is 5.79. The highest BCUT2D eigenvalue weighted by Gasteiger charge is 2.24. The highest BCUT2D eigenvalue weighted by atomic mass is 16.5. The van der Waals surface area contributed by atoms with Gasteiger partial charge in [-0.1, -0.05) is 0 Å². The van der Waals surface area contributed by atoms with Crippen molar-refractivity contribution in [3.05, 3.63) is 48.5 Å². The van der Waals surface area contributed by atoms with Gasteiger partial charge in [0.1, 0.15) is 23.7 Å². The van der Waals surface area contributed by atoms with E-state index in [2.05, 4.69) is 9.98 Å². The largest absolute Gasteiger partial charge is 0.490 e. The molecule has 1 saturated carbocycles. The predicted octanol–water partition coefficient (Wildman–Crippen LogP) is 2.27. The predicted molar refractivity (Wildman–Crippen MR) is 111 cm³/mol. The third-order valence-electron chi connectivity index (χ3n) is 4.37. The van der Waals surface area contributed by atoms with Crippen molar-refractivity contribution in [3.63, 3.8) is 0 Å². The lowest BCUT2D eigenvalue weighted by Gasteiger charge is -2.30. The van der Waals surface area contributed by atoms with E-state index in [1.165, 1.54) is 0 Å². The fraction of sp³-hybridized carbons (Fsp3) is 0.300. The Hall–Kier alpha value is -3.42. The maximum Gasteiger partial charge on any atom is 0.191 e. The molecule has 2 aromatic rings. The molecular formula is C20H26N6O2. The van der Waals surface area contributed by atoms with E-state index < -0.39 is 0 Å². The molecule has 3 rings (SSSR count). The maximum atomic E-state index is 6.11. The Morgan fingerprint density at radius 2 is 1.07 bits per heavy atom. The van der Waals surface area contributed by atoms with Crippen LogP contribution in [-0.2, 0) is 0 Å². The van der Waals surface area contributed by atoms with Crippen LogP contribution in [0.3, 0.4) is 0 Å². The molecule has 0 aromatic heterocycles. The zero-order chi connectivity index (χ0) is 19.9. The van der Waals surface area contributed by atoms with Crippen molar-refractivity contribution in [1.29, 1.82) is 0 Å². The van der Waals surface area contributed by atoms with E-state index in [0.29, 0.717) is 11.4 Å². The van der Waals surface area contributed by atoms with Gasteiger partial charge in [0.15, 0.2) is 11.9 Å². The fourth-order valence-electron chi connectivity index (χ4n) is 3.20. The van der Waals surface area contributed by atoms with E-state index >= 15 is 0 Å². The minimum absolute atomic E-state index is 0.0345. The summed E-state index contributed by atoms with van der Waals surface area (Å²) in [5, 5.41) is 0. The molecule has 2 atom stereocenters. The number of nitrogens with two attached hydrogens (primary N) is 4. The summed E-state index contributed by atoms with van der Waals surface area (Å²) in [7, 11) is 0. The van der Waals surface area contributed by atoms with Crippen molar-refractivity contribution in [2.75, 3.05) is 0 Å². The van der Waals surface area contributed by atoms with Gasteiger partial charge < -0.3 is 32.4 Å². The van der Waals surface area contributed by atoms with Gasteiger partial charge in [0.25, 0.3) is 0 Å². The van der Waals surface area contributed by atoms with Gasteiger partial charge in [-0.05, 0) is 67.8 Å². The summed E-state index contributed by atoms with van der Waals surface area (Å²) in [4.78, 5) is 8.01. The van der Waals surface area contributed by atoms with Gasteiger partial charge in [-0.25, -0.2) is 9.98 Å². The average molecular weight is 382 g/mol. The summed E-state index contributed by atoms with van der Waals surface area (Å²) in [5.41, 5.74) is 22.9. The fourth-order valence-corrected chi connectivity index (χ4v) is 3.20. The second kappa shape index (κ2) is 8.98. The van der Waals surface area contributed by atoms with Gasteiger partial charge in [0.2, 0.25) is 0 Å². The van der Waals surface area contributed by atoms with Crippen LogP contribution in [0.4, 0.5) is 11.4 Å². The van der Waals surface area contributed by atoms with Crippen LogP contribution < -0.4 is 32.4 Å². The molecule has 0 aliphatic heterocycles. The molecule has 28 heavy (non-hydrogen) atoms. The molecule has 2 unspecified atom stereocenters. The minimum Gasteiger partial charge on any atom is -0.490 e. The number of nitrogens with zero attached hydrogens (tertiary/aromatic N) is 2. The van der Waals surface area contributed by atoms with Gasteiger partial charge in [-0.2, -0.15) is 0 Å². The zero-order valence-corrected chi connectivity index (χ0v) is 15.6. The standard InChI is InChI=1S/C20H26N6O2/c21-19(22)25-13-4-8-15(9-5-13)27-17-2-1-3-18(12-17)28-16-10-6-14(7-11-16)26-20(23)24/h4-11,17-18H,1-3,12H2,(H4,21,22,25)(H4,23,24,26). The molecule has 148 valence electrons. The van der Waals surface area contributed by atoms with E-state index in [0.717, 1.165) is 37.2 Å². The van der Waals surface area contributed by atoms with Crippen LogP contribution in [0.25, 0.3) is 0 Å². The monoisotopic (exact) mass is 382 g/mol. The van der Waals surface area contributed by atoms with Gasteiger partial charge in [-0.3, -0.25) is 0 Å². The highest BCUT2D eigenvalue weighted by Crippen LogP contribution is 2.28. The second-order valence-electron chi connectivity index (χ2n) is 6.71. The Bertz CT molecular complexity index is 755. The first-order valence-corrected chi connectivity index (χ1v) is 9.20. The molecule has 8 nitrogen and oxygen atoms in total. The molecular weight excluding hydrogens is 356 g/mol. The van der Waals surface area contributed by atoms with Crippen LogP contribution in [0, 0.1) is 0 Å². The number of guanidine groups is 2. The molecule has 0 amide bonds. The van der Waals surface area contributed by atoms with E-state index in [1.807, 2.05) is 48.5 Å². The van der Waals surface area contributed by atoms with Crippen LogP contribution in [-0.4, -0.2) is 24.1 Å². The van der Waals surface area contributed by atoms with E-state index in [1.54, 1.807) is 0 Å². The van der Waals surface area contributed by atoms with Crippen LogP contribution in [0.5, 0.6) is 11.5 Å². The lowest BCUT2D eigenvalue weighted by Crippen LogP contribution is -2.31. The third kappa shape index (κ3) is 5.80. The van der Waals surface area contributed by atoms with Crippen LogP contribution in [0.1, 0.15) is 25.7 Å². The van der Waals surface area contributed by atoms with Crippen molar-refractivity contribution < 1.29 is 9.47 Å². The summed E-state index contributed by atoms with van der Waals surface area (Å²) in [6.45, 7) is 0. The molecule has 2 aromatic carbocycles. The first kappa shape index (κ1) is 19.3. The summed E-state index contributed by atoms with van der Waals surface area (Å²) in [6, 6.07) is 14.8. The van der Waals surface area contributed by atoms with Crippen molar-refractivity contribution in [1.82, 2.24) is 0 Å². The Kier molecular flexibility index (Phi) is 6.21. The van der Waals surface area contributed by atoms with E-state index in [4.69, 9.17) is 32.4 Å². The van der Waals surface area contributed by atoms with Crippen LogP contribution in [0.15, 0.2) is 58.5 Å². The minimum atomic E-state index is 0.0345. The Morgan fingerprint density at radius 3 is 1.43 bits per heavy atom. The molecule has 0 saturated heterocycles. The third-order valence-corrected chi connectivity index (χ3v) is 4.37. The second-order valence-corrected chi connectivity index (χ2v) is 6.71. The van der Waals surface area contributed by atoms with E-state index in [-0.39, 0.29) is 24.1 Å². The smallest absolute Gasteiger partial charge is 0.191 e. The number of aliphatic imine (C=N–C) groups is 2. The Morgan fingerprint density at radius 1 is 0.679 bits per heavy atom. The topological polar surface area (TPSA) is 147 Å². The molecule has 0 spiro atoms. The lowest BCUT2D eigenvalue weighted by molar-refractivity contribution is 0.0680. The van der Waals surface area contributed by atoms with Crippen molar-refractivity contribution in [3.8, 4) is 11.5 Å². The molecule has 0 radical (unpaired) electrons. The van der Waals surface area contributed by atoms with Gasteiger partial charge >= 0.3 is 0 Å². The molecule has 1 aliphatic rings. The number of ether oxygens (including phenoxy) is 2. The average Bonchev–Trinajstić information content (AvgIpc) is 2.64. The summed E-state index contributed by atoms with van der Waals surface area (Å²) < 4.78 is 12.2. The lowest BCUT2D eigenvalue weighted by atomic mass is 9.94. The normalized spacial score (nSPS) is 18.7. The van der Waals surface area contributed by atoms with Crippen molar-refractivity contribution in [2.45, 2.75) is 37.9 Å². The van der Waals surface area contributed by atoms with Crippen molar-refractivity contribution in [2.24, 2.45) is 32.9 Å². The molecule has 8 N–H and O–H groups in total. The summed E-state index contributed by atoms with van der Waals surface area (Å²) in [6.07, 6.45) is 4.08. The zero-order valence-electron chi connectivity index (χ0n) is 15.6. The van der Waals surface area contributed by atoms with Crippen LogP contribution >= 0.6 is 0 Å². The molecule has 1 aliphatic carbocycles. The maximum absolute atomic E-state index is 6.11. The van der Waals surface area contributed by atoms with Gasteiger partial charge in [0, 0.05) is 6.42 Å². The summed E-state index contributed by atoms with van der Waals surface area (Å²) >= 11 is 0. The van der Waals surface area contributed by atoms with Crippen molar-refractivity contribution >= 4 is 23.3 Å². The Labute approximate surface area is 164 Å². The molecule has 8 heteroatoms. The first-order valence-electron chi connectivity index (χ1n) is 9.20. The number of hydrogen-bond donors (Lipinski definition) is 4. The molecule has 0 heterocycles. The number of rotatable bonds is 6. The van der Waals surface area contributed by atoms with Crippen LogP contribution in [0.2, 0.25) is 0 Å².